The molecule has 1 saturated carbocycles. The van der Waals surface area contributed by atoms with Crippen molar-refractivity contribution >= 4 is 34.0 Å². The van der Waals surface area contributed by atoms with Crippen molar-refractivity contribution in [3.63, 3.8) is 0 Å². The van der Waals surface area contributed by atoms with E-state index in [0.29, 0.717) is 41.0 Å². The molecule has 1 atom stereocenters. The van der Waals surface area contributed by atoms with Crippen LogP contribution in [-0.2, 0) is 16.1 Å². The minimum Gasteiger partial charge on any atom is -0.391 e. The van der Waals surface area contributed by atoms with Gasteiger partial charge < -0.3 is 20.1 Å². The summed E-state index contributed by atoms with van der Waals surface area (Å²) < 4.78 is 5.41. The molecule has 2 N–H and O–H groups in total. The van der Waals surface area contributed by atoms with E-state index in [4.69, 9.17) is 16.3 Å². The summed E-state index contributed by atoms with van der Waals surface area (Å²) in [4.78, 5) is 19.0. The van der Waals surface area contributed by atoms with Crippen LogP contribution in [0, 0.1) is 0 Å². The Morgan fingerprint density at radius 2 is 2.40 bits per heavy atom. The number of aromatic nitrogens is 1. The molecule has 2 heterocycles. The van der Waals surface area contributed by atoms with Crippen molar-refractivity contribution in [2.24, 2.45) is 0 Å². The van der Waals surface area contributed by atoms with E-state index in [0.717, 1.165) is 12.8 Å². The Hall–Kier alpha value is -0.890. The summed E-state index contributed by atoms with van der Waals surface area (Å²) >= 11 is 7.29. The van der Waals surface area contributed by atoms with Crippen LogP contribution in [0.4, 0.5) is 5.13 Å². The molecule has 0 aromatic carbocycles. The molecule has 1 aromatic rings. The van der Waals surface area contributed by atoms with E-state index in [1.54, 1.807) is 0 Å². The van der Waals surface area contributed by atoms with Crippen molar-refractivity contribution in [3.8, 4) is 0 Å². The van der Waals surface area contributed by atoms with E-state index in [2.05, 4.69) is 10.3 Å². The first-order valence-corrected chi connectivity index (χ1v) is 7.79. The molecule has 110 valence electrons. The third kappa shape index (κ3) is 2.90. The fourth-order valence-corrected chi connectivity index (χ4v) is 3.31. The Morgan fingerprint density at radius 3 is 3.05 bits per heavy atom. The Bertz CT molecular complexity index is 506. The highest BCUT2D eigenvalue weighted by Crippen LogP contribution is 2.31. The number of nitrogens with zero attached hydrogens (tertiary/aromatic N) is 2. The van der Waals surface area contributed by atoms with Gasteiger partial charge in [-0.2, -0.15) is 0 Å². The van der Waals surface area contributed by atoms with Crippen LogP contribution in [0.3, 0.4) is 0 Å². The summed E-state index contributed by atoms with van der Waals surface area (Å²) in [6.45, 7) is 1.36. The van der Waals surface area contributed by atoms with Crippen molar-refractivity contribution in [1.29, 1.82) is 0 Å². The quantitative estimate of drug-likeness (QED) is 0.858. The molecule has 2 fully saturated rings. The summed E-state index contributed by atoms with van der Waals surface area (Å²) in [5, 5.41) is 13.2. The van der Waals surface area contributed by atoms with Gasteiger partial charge in [0.1, 0.15) is 11.2 Å². The van der Waals surface area contributed by atoms with E-state index < -0.39 is 0 Å². The van der Waals surface area contributed by atoms with Crippen LogP contribution in [0.2, 0.25) is 5.15 Å². The number of aliphatic hydroxyl groups is 1. The number of rotatable bonds is 4. The molecule has 8 heteroatoms. The predicted octanol–water partition coefficient (Wildman–Crippen LogP) is 0.773. The summed E-state index contributed by atoms with van der Waals surface area (Å²) in [5.41, 5.74) is 0. The van der Waals surface area contributed by atoms with Gasteiger partial charge in [-0.3, -0.25) is 4.79 Å². The predicted molar refractivity (Wildman–Crippen MR) is 76.2 cm³/mol. The van der Waals surface area contributed by atoms with Crippen LogP contribution in [-0.4, -0.2) is 47.8 Å². The fourth-order valence-electron chi connectivity index (χ4n) is 2.12. The molecular weight excluding hydrogens is 302 g/mol. The molecule has 1 saturated heterocycles. The first kappa shape index (κ1) is 14.1. The Morgan fingerprint density at radius 1 is 1.60 bits per heavy atom. The van der Waals surface area contributed by atoms with Crippen LogP contribution >= 0.6 is 22.9 Å². The highest BCUT2D eigenvalue weighted by atomic mass is 35.5. The summed E-state index contributed by atoms with van der Waals surface area (Å²) in [7, 11) is 0. The molecule has 0 bridgehead atoms. The summed E-state index contributed by atoms with van der Waals surface area (Å²) in [6, 6.07) is -0.0581. The smallest absolute Gasteiger partial charge is 0.245 e. The van der Waals surface area contributed by atoms with Gasteiger partial charge in [0, 0.05) is 12.6 Å². The summed E-state index contributed by atoms with van der Waals surface area (Å²) in [5.74, 6) is -0.0240. The maximum Gasteiger partial charge on any atom is 0.245 e. The van der Waals surface area contributed by atoms with Gasteiger partial charge in [0.2, 0.25) is 5.91 Å². The maximum absolute atomic E-state index is 12.3. The molecule has 1 aromatic heterocycles. The topological polar surface area (TPSA) is 74.7 Å². The SMILES string of the molecule is O=C(NC1CC1)C1COCCN1c1nc(Cl)c(CO)s1. The van der Waals surface area contributed by atoms with Crippen LogP contribution in [0.15, 0.2) is 0 Å². The van der Waals surface area contributed by atoms with E-state index >= 15 is 0 Å². The second-order valence-electron chi connectivity index (χ2n) is 4.94. The number of hydrogen-bond donors (Lipinski definition) is 2. The molecule has 20 heavy (non-hydrogen) atoms. The molecule has 1 unspecified atom stereocenters. The van der Waals surface area contributed by atoms with Gasteiger partial charge in [-0.05, 0) is 12.8 Å². The van der Waals surface area contributed by atoms with Gasteiger partial charge in [-0.1, -0.05) is 22.9 Å². The van der Waals surface area contributed by atoms with Crippen molar-refractivity contribution in [2.75, 3.05) is 24.7 Å². The van der Waals surface area contributed by atoms with Crippen molar-refractivity contribution in [2.45, 2.75) is 31.5 Å². The van der Waals surface area contributed by atoms with E-state index in [1.807, 2.05) is 4.90 Å². The number of anilines is 1. The zero-order valence-corrected chi connectivity index (χ0v) is 12.4. The number of thiazole rings is 1. The lowest BCUT2D eigenvalue weighted by molar-refractivity contribution is -0.124. The Labute approximate surface area is 125 Å². The largest absolute Gasteiger partial charge is 0.391 e. The molecule has 3 rings (SSSR count). The van der Waals surface area contributed by atoms with E-state index in [9.17, 15) is 9.90 Å². The van der Waals surface area contributed by atoms with Crippen LogP contribution in [0.1, 0.15) is 17.7 Å². The van der Waals surface area contributed by atoms with Crippen molar-refractivity contribution in [1.82, 2.24) is 10.3 Å². The van der Waals surface area contributed by atoms with Crippen molar-refractivity contribution in [3.05, 3.63) is 10.0 Å². The minimum absolute atomic E-state index is 0.0240. The Balaban J connectivity index is 1.77. The third-order valence-corrected chi connectivity index (χ3v) is 4.88. The van der Waals surface area contributed by atoms with E-state index in [1.165, 1.54) is 11.3 Å². The first-order chi connectivity index (χ1) is 9.69. The molecule has 1 amide bonds. The van der Waals surface area contributed by atoms with Gasteiger partial charge in [0.05, 0.1) is 24.7 Å². The lowest BCUT2D eigenvalue weighted by atomic mass is 10.2. The van der Waals surface area contributed by atoms with Gasteiger partial charge in [-0.15, -0.1) is 0 Å². The lowest BCUT2D eigenvalue weighted by Gasteiger charge is -2.34. The van der Waals surface area contributed by atoms with Gasteiger partial charge in [0.15, 0.2) is 5.13 Å². The maximum atomic E-state index is 12.3. The number of carbonyl (C=O) groups excluding carboxylic acids is 1. The first-order valence-electron chi connectivity index (χ1n) is 6.60. The van der Waals surface area contributed by atoms with Crippen LogP contribution in [0.25, 0.3) is 0 Å². The minimum atomic E-state index is -0.377. The normalized spacial score (nSPS) is 22.9. The molecule has 2 aliphatic rings. The lowest BCUT2D eigenvalue weighted by Crippen LogP contribution is -2.54. The van der Waals surface area contributed by atoms with Gasteiger partial charge in [0.25, 0.3) is 0 Å². The van der Waals surface area contributed by atoms with Crippen LogP contribution < -0.4 is 10.2 Å². The summed E-state index contributed by atoms with van der Waals surface area (Å²) in [6.07, 6.45) is 2.11. The molecule has 0 spiro atoms. The monoisotopic (exact) mass is 317 g/mol. The number of amides is 1. The number of halogens is 1. The van der Waals surface area contributed by atoms with Gasteiger partial charge >= 0.3 is 0 Å². The Kier molecular flexibility index (Phi) is 4.11. The molecule has 6 nitrogen and oxygen atoms in total. The average Bonchev–Trinajstić information content (AvgIpc) is 3.19. The number of morpholine rings is 1. The zero-order chi connectivity index (χ0) is 14.1. The molecule has 1 aliphatic heterocycles. The number of carbonyl (C=O) groups is 1. The molecular formula is C12H16ClN3O3S. The standard InChI is InChI=1S/C12H16ClN3O3S/c13-10-9(5-17)20-12(15-10)16-3-4-19-6-8(16)11(18)14-7-1-2-7/h7-8,17H,1-6H2,(H,14,18). The highest BCUT2D eigenvalue weighted by Gasteiger charge is 2.34. The van der Waals surface area contributed by atoms with Gasteiger partial charge in [-0.25, -0.2) is 4.98 Å². The van der Waals surface area contributed by atoms with Crippen LogP contribution in [0.5, 0.6) is 0 Å². The number of hydrogen-bond acceptors (Lipinski definition) is 6. The third-order valence-electron chi connectivity index (χ3n) is 3.38. The number of ether oxygens (including phenoxy) is 1. The molecule has 1 aliphatic carbocycles. The number of nitrogens with one attached hydrogen (secondary N) is 1. The number of aliphatic hydroxyl groups excluding tert-OH is 1. The second-order valence-corrected chi connectivity index (χ2v) is 6.36. The average molecular weight is 318 g/mol. The second kappa shape index (κ2) is 5.85. The zero-order valence-electron chi connectivity index (χ0n) is 10.8. The molecule has 0 radical (unpaired) electrons. The highest BCUT2D eigenvalue weighted by molar-refractivity contribution is 7.16. The van der Waals surface area contributed by atoms with Crippen molar-refractivity contribution < 1.29 is 14.6 Å². The fraction of sp³-hybridized carbons (Fsp3) is 0.667. The van der Waals surface area contributed by atoms with E-state index in [-0.39, 0.29) is 18.6 Å².